The van der Waals surface area contributed by atoms with Crippen molar-refractivity contribution in [3.8, 4) is 0 Å². The molecule has 20 heavy (non-hydrogen) atoms. The van der Waals surface area contributed by atoms with Crippen LogP contribution in [0, 0.1) is 0 Å². The molecular formula is C16H32N2OP+. The van der Waals surface area contributed by atoms with Crippen molar-refractivity contribution in [1.82, 2.24) is 4.57 Å². The van der Waals surface area contributed by atoms with E-state index in [4.69, 9.17) is 0 Å². The van der Waals surface area contributed by atoms with Crippen molar-refractivity contribution >= 4 is 7.14 Å². The smallest absolute Gasteiger partial charge is 0.243 e. The second-order valence-electron chi connectivity index (χ2n) is 5.96. The van der Waals surface area contributed by atoms with E-state index in [0.717, 1.165) is 63.6 Å². The topological polar surface area (TPSA) is 25.9 Å². The molecule has 0 aliphatic rings. The van der Waals surface area contributed by atoms with Gasteiger partial charge in [-0.05, 0) is 25.7 Å². The summed E-state index contributed by atoms with van der Waals surface area (Å²) in [5, 5.41) is 0. The van der Waals surface area contributed by atoms with Crippen LogP contribution >= 0.6 is 7.14 Å². The van der Waals surface area contributed by atoms with Crippen molar-refractivity contribution in [1.29, 1.82) is 0 Å². The van der Waals surface area contributed by atoms with Gasteiger partial charge in [-0.15, -0.1) is 0 Å². The molecule has 0 amide bonds. The Bertz CT molecular complexity index is 402. The molecular weight excluding hydrogens is 267 g/mol. The van der Waals surface area contributed by atoms with E-state index in [9.17, 15) is 4.57 Å². The molecule has 0 fully saturated rings. The number of hydrogen-bond acceptors (Lipinski definition) is 1. The Kier molecular flexibility index (Phi) is 8.21. The van der Waals surface area contributed by atoms with Gasteiger partial charge in [0, 0.05) is 18.5 Å². The average molecular weight is 299 g/mol. The van der Waals surface area contributed by atoms with Gasteiger partial charge in [0.2, 0.25) is 6.33 Å². The fourth-order valence-corrected chi connectivity index (χ4v) is 5.81. The SMILES string of the molecule is CCCCP(=O)(CCCC)CCCCn1cc[n+](C)c1. The first-order valence-corrected chi connectivity index (χ1v) is 10.4. The van der Waals surface area contributed by atoms with Crippen molar-refractivity contribution in [2.75, 3.05) is 18.5 Å². The van der Waals surface area contributed by atoms with Crippen LogP contribution in [0.4, 0.5) is 0 Å². The largest absolute Gasteiger partial charge is 0.324 e. The molecule has 0 spiro atoms. The average Bonchev–Trinajstić information content (AvgIpc) is 2.85. The van der Waals surface area contributed by atoms with E-state index in [0.29, 0.717) is 0 Å². The number of unbranched alkanes of at least 4 members (excludes halogenated alkanes) is 3. The Morgan fingerprint density at radius 2 is 1.60 bits per heavy atom. The molecule has 0 bridgehead atoms. The molecule has 1 aromatic rings. The molecule has 0 N–H and O–H groups in total. The molecule has 1 rings (SSSR count). The third-order valence-corrected chi connectivity index (χ3v) is 7.29. The van der Waals surface area contributed by atoms with Crippen LogP contribution in [-0.2, 0) is 18.2 Å². The predicted molar refractivity (Wildman–Crippen MR) is 86.9 cm³/mol. The van der Waals surface area contributed by atoms with Crippen molar-refractivity contribution < 1.29 is 9.13 Å². The zero-order valence-electron chi connectivity index (χ0n) is 13.6. The summed E-state index contributed by atoms with van der Waals surface area (Å²) in [6.07, 6.45) is 16.0. The molecule has 4 heteroatoms. The van der Waals surface area contributed by atoms with E-state index < -0.39 is 7.14 Å². The van der Waals surface area contributed by atoms with Gasteiger partial charge in [-0.2, -0.15) is 0 Å². The summed E-state index contributed by atoms with van der Waals surface area (Å²) in [4.78, 5) is 0. The highest BCUT2D eigenvalue weighted by atomic mass is 31.2. The van der Waals surface area contributed by atoms with Crippen LogP contribution in [0.2, 0.25) is 0 Å². The normalized spacial score (nSPS) is 11.9. The van der Waals surface area contributed by atoms with Crippen molar-refractivity contribution in [3.63, 3.8) is 0 Å². The van der Waals surface area contributed by atoms with Gasteiger partial charge in [-0.25, -0.2) is 9.13 Å². The van der Waals surface area contributed by atoms with E-state index in [-0.39, 0.29) is 0 Å². The minimum Gasteiger partial charge on any atom is -0.324 e. The molecule has 0 aliphatic heterocycles. The second-order valence-corrected chi connectivity index (χ2v) is 9.42. The van der Waals surface area contributed by atoms with Gasteiger partial charge in [0.25, 0.3) is 0 Å². The van der Waals surface area contributed by atoms with Gasteiger partial charge >= 0.3 is 0 Å². The maximum absolute atomic E-state index is 12.9. The number of imidazole rings is 1. The lowest BCUT2D eigenvalue weighted by Gasteiger charge is -2.17. The second kappa shape index (κ2) is 9.39. The van der Waals surface area contributed by atoms with Crippen LogP contribution < -0.4 is 4.57 Å². The minimum atomic E-state index is -1.88. The molecule has 0 saturated carbocycles. The number of rotatable bonds is 11. The summed E-state index contributed by atoms with van der Waals surface area (Å²) in [7, 11) is 0.159. The minimum absolute atomic E-state index is 0.959. The van der Waals surface area contributed by atoms with Gasteiger partial charge in [-0.1, -0.05) is 26.7 Å². The quantitative estimate of drug-likeness (QED) is 0.344. The standard InChI is InChI=1S/C16H32N2OP/c1-4-6-13-20(19,14-7-5-2)15-9-8-10-18-12-11-17(3)16-18/h11-12,16H,4-10,13-15H2,1-3H3/q+1. The van der Waals surface area contributed by atoms with Gasteiger partial charge < -0.3 is 4.57 Å². The van der Waals surface area contributed by atoms with E-state index in [2.05, 4.69) is 41.7 Å². The maximum Gasteiger partial charge on any atom is 0.243 e. The van der Waals surface area contributed by atoms with E-state index in [1.165, 1.54) is 0 Å². The Morgan fingerprint density at radius 1 is 1.00 bits per heavy atom. The fourth-order valence-electron chi connectivity index (χ4n) is 2.56. The zero-order chi connectivity index (χ0) is 14.8. The molecule has 1 aromatic heterocycles. The summed E-state index contributed by atoms with van der Waals surface area (Å²) in [6.45, 7) is 5.43. The highest BCUT2D eigenvalue weighted by Crippen LogP contribution is 2.48. The summed E-state index contributed by atoms with van der Waals surface area (Å²) >= 11 is 0. The van der Waals surface area contributed by atoms with Crippen LogP contribution in [0.3, 0.4) is 0 Å². The van der Waals surface area contributed by atoms with Gasteiger partial charge in [0.05, 0.1) is 20.7 Å². The van der Waals surface area contributed by atoms with Crippen LogP contribution in [0.15, 0.2) is 18.7 Å². The third kappa shape index (κ3) is 6.74. The highest BCUT2D eigenvalue weighted by molar-refractivity contribution is 7.63. The molecule has 0 aliphatic carbocycles. The van der Waals surface area contributed by atoms with Crippen LogP contribution in [-0.4, -0.2) is 23.1 Å². The molecule has 0 atom stereocenters. The molecule has 1 heterocycles. The third-order valence-electron chi connectivity index (χ3n) is 3.89. The van der Waals surface area contributed by atoms with Gasteiger partial charge in [0.15, 0.2) is 0 Å². The fraction of sp³-hybridized carbons (Fsp3) is 0.812. The van der Waals surface area contributed by atoms with Crippen LogP contribution in [0.25, 0.3) is 0 Å². The molecule has 3 nitrogen and oxygen atoms in total. The monoisotopic (exact) mass is 299 g/mol. The Morgan fingerprint density at radius 3 is 2.10 bits per heavy atom. The van der Waals surface area contributed by atoms with E-state index >= 15 is 0 Å². The lowest BCUT2D eigenvalue weighted by Crippen LogP contribution is -2.23. The number of hydrogen-bond donors (Lipinski definition) is 0. The van der Waals surface area contributed by atoms with Crippen molar-refractivity contribution in [2.45, 2.75) is 58.9 Å². The molecule has 0 saturated heterocycles. The molecule has 0 aromatic carbocycles. The summed E-state index contributed by atoms with van der Waals surface area (Å²) in [6, 6.07) is 0. The highest BCUT2D eigenvalue weighted by Gasteiger charge is 2.20. The van der Waals surface area contributed by atoms with Gasteiger partial charge in [0.1, 0.15) is 12.4 Å². The summed E-state index contributed by atoms with van der Waals surface area (Å²) in [5.74, 6) is 0. The van der Waals surface area contributed by atoms with Crippen molar-refractivity contribution in [2.24, 2.45) is 7.05 Å². The summed E-state index contributed by atoms with van der Waals surface area (Å²) in [5.41, 5.74) is 0. The van der Waals surface area contributed by atoms with E-state index in [1.807, 2.05) is 7.05 Å². The van der Waals surface area contributed by atoms with Crippen LogP contribution in [0.5, 0.6) is 0 Å². The lowest BCUT2D eigenvalue weighted by molar-refractivity contribution is -0.671. The van der Waals surface area contributed by atoms with E-state index in [1.54, 1.807) is 0 Å². The maximum atomic E-state index is 12.9. The molecule has 0 unspecified atom stereocenters. The Hall–Kier alpha value is -0.560. The lowest BCUT2D eigenvalue weighted by atomic mass is 10.3. The predicted octanol–water partition coefficient (Wildman–Crippen LogP) is 4.06. The number of aryl methyl sites for hydroxylation is 2. The Labute approximate surface area is 124 Å². The first-order valence-electron chi connectivity index (χ1n) is 8.18. The molecule has 116 valence electrons. The van der Waals surface area contributed by atoms with Gasteiger partial charge in [-0.3, -0.25) is 0 Å². The Balaban J connectivity index is 2.31. The molecule has 0 radical (unpaired) electrons. The zero-order valence-corrected chi connectivity index (χ0v) is 14.4. The van der Waals surface area contributed by atoms with Crippen LogP contribution in [0.1, 0.15) is 52.4 Å². The number of aromatic nitrogens is 2. The number of nitrogens with zero attached hydrogens (tertiary/aromatic N) is 2. The first-order chi connectivity index (χ1) is 9.59. The first kappa shape index (κ1) is 17.5. The van der Waals surface area contributed by atoms with Crippen molar-refractivity contribution in [3.05, 3.63) is 18.7 Å². The summed E-state index contributed by atoms with van der Waals surface area (Å²) < 4.78 is 17.2.